The van der Waals surface area contributed by atoms with Gasteiger partial charge in [0, 0.05) is 28.9 Å². The van der Waals surface area contributed by atoms with Gasteiger partial charge in [0.05, 0.1) is 5.69 Å². The van der Waals surface area contributed by atoms with Gasteiger partial charge in [0.1, 0.15) is 5.57 Å². The Morgan fingerprint density at radius 2 is 2.00 bits per heavy atom. The van der Waals surface area contributed by atoms with Crippen LogP contribution in [0.3, 0.4) is 0 Å². The van der Waals surface area contributed by atoms with E-state index in [1.165, 1.54) is 0 Å². The number of nitrogens with zero attached hydrogens (tertiary/aromatic N) is 1. The van der Waals surface area contributed by atoms with Gasteiger partial charge in [-0.1, -0.05) is 29.3 Å². The maximum absolute atomic E-state index is 12.9. The van der Waals surface area contributed by atoms with Gasteiger partial charge < -0.3 is 10.1 Å². The molecule has 0 saturated carbocycles. The molecule has 118 valence electrons. The third-order valence-corrected chi connectivity index (χ3v) is 4.15. The summed E-state index contributed by atoms with van der Waals surface area (Å²) in [4.78, 5) is 17.2. The second-order valence-electron chi connectivity index (χ2n) is 5.20. The van der Waals surface area contributed by atoms with Crippen LogP contribution < -0.4 is 5.32 Å². The third-order valence-electron chi connectivity index (χ3n) is 3.59. The van der Waals surface area contributed by atoms with Gasteiger partial charge in [0.25, 0.3) is 0 Å². The van der Waals surface area contributed by atoms with Gasteiger partial charge in [-0.15, -0.1) is 0 Å². The number of hydrogen-bond acceptors (Lipinski definition) is 4. The number of carbonyl (C=O) groups is 1. The molecule has 1 aromatic heterocycles. The topological polar surface area (TPSA) is 51.2 Å². The molecule has 0 aliphatic carbocycles. The molecule has 1 unspecified atom stereocenters. The van der Waals surface area contributed by atoms with Crippen LogP contribution >= 0.6 is 23.2 Å². The lowest BCUT2D eigenvalue weighted by molar-refractivity contribution is -0.120. The van der Waals surface area contributed by atoms with E-state index in [0.29, 0.717) is 32.8 Å². The number of aromatic nitrogens is 1. The molecule has 4 nitrogen and oxygen atoms in total. The molecule has 1 aromatic carbocycles. The summed E-state index contributed by atoms with van der Waals surface area (Å²) in [5.74, 6) is 0.209. The predicted molar refractivity (Wildman–Crippen MR) is 90.2 cm³/mol. The molecule has 1 N–H and O–H groups in total. The Labute approximate surface area is 144 Å². The minimum Gasteiger partial charge on any atom is -0.462 e. The largest absolute Gasteiger partial charge is 0.462 e. The zero-order chi connectivity index (χ0) is 16.6. The van der Waals surface area contributed by atoms with Crippen molar-refractivity contribution < 1.29 is 9.53 Å². The number of Topliss-reactive ketones (excluding diaryl/α,β-unsaturated/α-hetero) is 1. The van der Waals surface area contributed by atoms with Crippen molar-refractivity contribution in [2.45, 2.75) is 13.0 Å². The Morgan fingerprint density at radius 1 is 1.22 bits per heavy atom. The van der Waals surface area contributed by atoms with Crippen LogP contribution in [0.4, 0.5) is 0 Å². The van der Waals surface area contributed by atoms with E-state index in [1.807, 2.05) is 19.1 Å². The molecule has 2 aromatic rings. The van der Waals surface area contributed by atoms with Gasteiger partial charge in [-0.2, -0.15) is 0 Å². The lowest BCUT2D eigenvalue weighted by Gasteiger charge is -2.13. The molecule has 1 atom stereocenters. The summed E-state index contributed by atoms with van der Waals surface area (Å²) in [5.41, 5.74) is 2.59. The molecule has 0 spiro atoms. The number of ketones is 1. The van der Waals surface area contributed by atoms with Crippen molar-refractivity contribution in [2.75, 3.05) is 7.05 Å². The van der Waals surface area contributed by atoms with E-state index in [9.17, 15) is 4.79 Å². The molecule has 0 fully saturated rings. The molecule has 23 heavy (non-hydrogen) atoms. The number of nitrogens with one attached hydrogen (secondary N) is 1. The van der Waals surface area contributed by atoms with Crippen LogP contribution in [0.5, 0.6) is 0 Å². The smallest absolute Gasteiger partial charge is 0.215 e. The van der Waals surface area contributed by atoms with Crippen molar-refractivity contribution in [1.82, 2.24) is 10.3 Å². The van der Waals surface area contributed by atoms with Crippen LogP contribution in [0.25, 0.3) is 5.57 Å². The summed E-state index contributed by atoms with van der Waals surface area (Å²) in [6.07, 6.45) is 0.861. The molecule has 0 radical (unpaired) electrons. The standard InChI is InChI=1S/C17H14Cl2N2O2/c1-9-5-6-21-13(7-9)14-15(22)16(23-17(14)20-2)11-4-3-10(18)8-12(11)19/h3-8,16,20H,1-2H3. The fourth-order valence-corrected chi connectivity index (χ4v) is 3.00. The molecule has 1 aliphatic rings. The summed E-state index contributed by atoms with van der Waals surface area (Å²) in [5, 5.41) is 3.82. The number of hydrogen-bond donors (Lipinski definition) is 1. The Hall–Kier alpha value is -2.04. The van der Waals surface area contributed by atoms with Crippen molar-refractivity contribution in [3.63, 3.8) is 0 Å². The molecule has 2 heterocycles. The Morgan fingerprint density at radius 3 is 2.65 bits per heavy atom. The first-order valence-corrected chi connectivity index (χ1v) is 7.77. The summed E-state index contributed by atoms with van der Waals surface area (Å²) in [6, 6.07) is 8.70. The van der Waals surface area contributed by atoms with E-state index in [-0.39, 0.29) is 5.78 Å². The van der Waals surface area contributed by atoms with Crippen LogP contribution in [-0.2, 0) is 9.53 Å². The Balaban J connectivity index is 2.03. The lowest BCUT2D eigenvalue weighted by atomic mass is 9.99. The monoisotopic (exact) mass is 348 g/mol. The van der Waals surface area contributed by atoms with Gasteiger partial charge in [-0.25, -0.2) is 0 Å². The highest BCUT2D eigenvalue weighted by Crippen LogP contribution is 2.39. The Bertz CT molecular complexity index is 818. The molecule has 1 aliphatic heterocycles. The van der Waals surface area contributed by atoms with Crippen molar-refractivity contribution in [1.29, 1.82) is 0 Å². The predicted octanol–water partition coefficient (Wildman–Crippen LogP) is 3.93. The van der Waals surface area contributed by atoms with Crippen LogP contribution in [0.1, 0.15) is 22.9 Å². The fourth-order valence-electron chi connectivity index (χ4n) is 2.49. The second kappa shape index (κ2) is 6.22. The second-order valence-corrected chi connectivity index (χ2v) is 6.04. The van der Waals surface area contributed by atoms with Crippen LogP contribution in [0.15, 0.2) is 42.4 Å². The van der Waals surface area contributed by atoms with Crippen molar-refractivity contribution in [3.05, 3.63) is 69.3 Å². The number of rotatable bonds is 3. The van der Waals surface area contributed by atoms with Crippen molar-refractivity contribution >= 4 is 34.6 Å². The first-order valence-electron chi connectivity index (χ1n) is 7.02. The molecular weight excluding hydrogens is 335 g/mol. The van der Waals surface area contributed by atoms with Gasteiger partial charge in [0.2, 0.25) is 11.7 Å². The minimum absolute atomic E-state index is 0.184. The van der Waals surface area contributed by atoms with Gasteiger partial charge >= 0.3 is 0 Å². The number of ether oxygens (including phenoxy) is 1. The quantitative estimate of drug-likeness (QED) is 0.912. The lowest BCUT2D eigenvalue weighted by Crippen LogP contribution is -2.11. The average molecular weight is 349 g/mol. The maximum Gasteiger partial charge on any atom is 0.215 e. The van der Waals surface area contributed by atoms with Gasteiger partial charge in [0.15, 0.2) is 6.10 Å². The zero-order valence-electron chi connectivity index (χ0n) is 12.6. The van der Waals surface area contributed by atoms with E-state index in [4.69, 9.17) is 27.9 Å². The van der Waals surface area contributed by atoms with E-state index in [0.717, 1.165) is 5.56 Å². The van der Waals surface area contributed by atoms with Crippen LogP contribution in [0.2, 0.25) is 10.0 Å². The maximum atomic E-state index is 12.9. The van der Waals surface area contributed by atoms with E-state index >= 15 is 0 Å². The highest BCUT2D eigenvalue weighted by atomic mass is 35.5. The van der Waals surface area contributed by atoms with Crippen molar-refractivity contribution in [3.8, 4) is 0 Å². The van der Waals surface area contributed by atoms with Crippen LogP contribution in [-0.4, -0.2) is 17.8 Å². The van der Waals surface area contributed by atoms with Gasteiger partial charge in [-0.3, -0.25) is 9.78 Å². The highest BCUT2D eigenvalue weighted by molar-refractivity contribution is 6.35. The first kappa shape index (κ1) is 15.8. The summed E-state index contributed by atoms with van der Waals surface area (Å²) >= 11 is 12.1. The molecule has 0 saturated heterocycles. The minimum atomic E-state index is -0.806. The molecule has 6 heteroatoms. The van der Waals surface area contributed by atoms with E-state index in [2.05, 4.69) is 10.3 Å². The summed E-state index contributed by atoms with van der Waals surface area (Å²) < 4.78 is 5.79. The average Bonchev–Trinajstić information content (AvgIpc) is 2.84. The fraction of sp³-hybridized carbons (Fsp3) is 0.176. The normalized spacial score (nSPS) is 17.4. The van der Waals surface area contributed by atoms with E-state index in [1.54, 1.807) is 31.4 Å². The highest BCUT2D eigenvalue weighted by Gasteiger charge is 2.38. The number of benzene rings is 1. The first-order chi connectivity index (χ1) is 11.0. The molecular formula is C17H14Cl2N2O2. The Kier molecular flexibility index (Phi) is 4.28. The summed E-state index contributed by atoms with van der Waals surface area (Å²) in [7, 11) is 1.70. The molecule has 0 amide bonds. The zero-order valence-corrected chi connectivity index (χ0v) is 14.1. The third kappa shape index (κ3) is 2.92. The van der Waals surface area contributed by atoms with Crippen molar-refractivity contribution in [2.24, 2.45) is 0 Å². The number of aryl methyl sites for hydroxylation is 1. The molecule has 0 bridgehead atoms. The SMILES string of the molecule is CNC1=C(c2cc(C)ccn2)C(=O)C(c2ccc(Cl)cc2Cl)O1. The number of carbonyl (C=O) groups excluding carboxylic acids is 1. The van der Waals surface area contributed by atoms with Gasteiger partial charge in [-0.05, 0) is 36.8 Å². The van der Waals surface area contributed by atoms with E-state index < -0.39 is 6.10 Å². The summed E-state index contributed by atoms with van der Waals surface area (Å²) in [6.45, 7) is 1.94. The van der Waals surface area contributed by atoms with Crippen LogP contribution in [0, 0.1) is 6.92 Å². The number of pyridine rings is 1. The molecule has 3 rings (SSSR count). The number of halogens is 2.